The number of hydrogen-bond donors (Lipinski definition) is 1. The molecule has 1 aliphatic rings. The summed E-state index contributed by atoms with van der Waals surface area (Å²) in [4.78, 5) is 0. The summed E-state index contributed by atoms with van der Waals surface area (Å²) in [5, 5.41) is 0. The molecule has 2 nitrogen and oxygen atoms in total. The van der Waals surface area contributed by atoms with Crippen LogP contribution < -0.4 is 10.5 Å². The van der Waals surface area contributed by atoms with Crippen molar-refractivity contribution >= 4 is 0 Å². The van der Waals surface area contributed by atoms with E-state index in [-0.39, 0.29) is 5.54 Å². The highest BCUT2D eigenvalue weighted by atomic mass is 16.5. The average molecular weight is 233 g/mol. The summed E-state index contributed by atoms with van der Waals surface area (Å²) in [5.74, 6) is 1.01. The van der Waals surface area contributed by atoms with Gasteiger partial charge in [-0.05, 0) is 50.3 Å². The third-order valence-corrected chi connectivity index (χ3v) is 3.80. The Morgan fingerprint density at radius 3 is 2.65 bits per heavy atom. The van der Waals surface area contributed by atoms with E-state index >= 15 is 0 Å². The lowest BCUT2D eigenvalue weighted by Gasteiger charge is -2.23. The van der Waals surface area contributed by atoms with E-state index in [9.17, 15) is 0 Å². The maximum absolute atomic E-state index is 6.31. The molecule has 0 heterocycles. The first-order valence-corrected chi connectivity index (χ1v) is 6.58. The van der Waals surface area contributed by atoms with Crippen molar-refractivity contribution in [1.29, 1.82) is 0 Å². The topological polar surface area (TPSA) is 35.2 Å². The highest BCUT2D eigenvalue weighted by Gasteiger charge is 2.28. The lowest BCUT2D eigenvalue weighted by Crippen LogP contribution is -2.37. The van der Waals surface area contributed by atoms with Gasteiger partial charge in [0.25, 0.3) is 0 Å². The summed E-state index contributed by atoms with van der Waals surface area (Å²) in [6.45, 7) is 4.91. The number of nitrogens with two attached hydrogens (primary N) is 1. The van der Waals surface area contributed by atoms with E-state index in [0.717, 1.165) is 31.6 Å². The first kappa shape index (κ1) is 12.4. The standard InChI is InChI=1S/C15H23NO/c1-12-5-6-13(2)14(11-12)17-10-9-15(16)7-3-4-8-15/h5-6,11H,3-4,7-10,16H2,1-2H3. The number of aryl methyl sites for hydroxylation is 2. The quantitative estimate of drug-likeness (QED) is 0.865. The van der Waals surface area contributed by atoms with Gasteiger partial charge in [-0.3, -0.25) is 0 Å². The molecular formula is C15H23NO. The zero-order valence-electron chi connectivity index (χ0n) is 11.0. The molecular weight excluding hydrogens is 210 g/mol. The van der Waals surface area contributed by atoms with Crippen molar-refractivity contribution in [3.05, 3.63) is 29.3 Å². The molecule has 2 N–H and O–H groups in total. The first-order chi connectivity index (χ1) is 8.09. The van der Waals surface area contributed by atoms with Crippen LogP contribution in [0.2, 0.25) is 0 Å². The number of benzene rings is 1. The van der Waals surface area contributed by atoms with Gasteiger partial charge in [-0.2, -0.15) is 0 Å². The first-order valence-electron chi connectivity index (χ1n) is 6.58. The SMILES string of the molecule is Cc1ccc(C)c(OCCC2(N)CCCC2)c1. The molecule has 0 spiro atoms. The van der Waals surface area contributed by atoms with Gasteiger partial charge in [0.2, 0.25) is 0 Å². The molecule has 1 fully saturated rings. The fraction of sp³-hybridized carbons (Fsp3) is 0.600. The Bertz CT molecular complexity index is 381. The average Bonchev–Trinajstić information content (AvgIpc) is 2.71. The molecule has 1 saturated carbocycles. The molecule has 1 aromatic carbocycles. The Morgan fingerprint density at radius 2 is 1.94 bits per heavy atom. The van der Waals surface area contributed by atoms with Crippen molar-refractivity contribution in [2.45, 2.75) is 51.5 Å². The van der Waals surface area contributed by atoms with Crippen LogP contribution in [0.15, 0.2) is 18.2 Å². The maximum Gasteiger partial charge on any atom is 0.122 e. The van der Waals surface area contributed by atoms with Gasteiger partial charge in [0, 0.05) is 5.54 Å². The van der Waals surface area contributed by atoms with Crippen molar-refractivity contribution in [2.24, 2.45) is 5.73 Å². The Hall–Kier alpha value is -1.02. The minimum atomic E-state index is 0.0394. The molecule has 2 rings (SSSR count). The third kappa shape index (κ3) is 3.22. The smallest absolute Gasteiger partial charge is 0.122 e. The van der Waals surface area contributed by atoms with E-state index in [1.165, 1.54) is 24.0 Å². The van der Waals surface area contributed by atoms with E-state index in [0.29, 0.717) is 0 Å². The molecule has 0 unspecified atom stereocenters. The van der Waals surface area contributed by atoms with Gasteiger partial charge in [0.1, 0.15) is 5.75 Å². The van der Waals surface area contributed by atoms with Gasteiger partial charge in [0.15, 0.2) is 0 Å². The van der Waals surface area contributed by atoms with Crippen LogP contribution in [0.5, 0.6) is 5.75 Å². The number of rotatable bonds is 4. The van der Waals surface area contributed by atoms with Crippen LogP contribution >= 0.6 is 0 Å². The summed E-state index contributed by atoms with van der Waals surface area (Å²) in [5.41, 5.74) is 8.80. The van der Waals surface area contributed by atoms with Gasteiger partial charge in [-0.25, -0.2) is 0 Å². The fourth-order valence-corrected chi connectivity index (χ4v) is 2.56. The molecule has 2 heteroatoms. The maximum atomic E-state index is 6.31. The van der Waals surface area contributed by atoms with Gasteiger partial charge >= 0.3 is 0 Å². The summed E-state index contributed by atoms with van der Waals surface area (Å²) < 4.78 is 5.86. The van der Waals surface area contributed by atoms with E-state index in [1.54, 1.807) is 0 Å². The molecule has 17 heavy (non-hydrogen) atoms. The molecule has 0 amide bonds. The Kier molecular flexibility index (Phi) is 3.72. The molecule has 1 aliphatic carbocycles. The summed E-state index contributed by atoms with van der Waals surface area (Å²) >= 11 is 0. The zero-order valence-corrected chi connectivity index (χ0v) is 11.0. The van der Waals surface area contributed by atoms with Crippen LogP contribution in [0, 0.1) is 13.8 Å². The monoisotopic (exact) mass is 233 g/mol. The summed E-state index contributed by atoms with van der Waals surface area (Å²) in [6, 6.07) is 6.33. The summed E-state index contributed by atoms with van der Waals surface area (Å²) in [6.07, 6.45) is 5.84. The van der Waals surface area contributed by atoms with Crippen molar-refractivity contribution in [3.63, 3.8) is 0 Å². The Morgan fingerprint density at radius 1 is 1.24 bits per heavy atom. The van der Waals surface area contributed by atoms with Crippen molar-refractivity contribution in [1.82, 2.24) is 0 Å². The minimum absolute atomic E-state index is 0.0394. The largest absolute Gasteiger partial charge is 0.493 e. The normalized spacial score (nSPS) is 18.3. The van der Waals surface area contributed by atoms with Crippen LogP contribution in [0.4, 0.5) is 0 Å². The summed E-state index contributed by atoms with van der Waals surface area (Å²) in [7, 11) is 0. The molecule has 0 aliphatic heterocycles. The lowest BCUT2D eigenvalue weighted by atomic mass is 9.95. The number of ether oxygens (including phenoxy) is 1. The van der Waals surface area contributed by atoms with Gasteiger partial charge in [0.05, 0.1) is 6.61 Å². The van der Waals surface area contributed by atoms with Crippen LogP contribution in [-0.4, -0.2) is 12.1 Å². The minimum Gasteiger partial charge on any atom is -0.493 e. The highest BCUT2D eigenvalue weighted by Crippen LogP contribution is 2.30. The lowest BCUT2D eigenvalue weighted by molar-refractivity contribution is 0.257. The van der Waals surface area contributed by atoms with Gasteiger partial charge in [-0.15, -0.1) is 0 Å². The third-order valence-electron chi connectivity index (χ3n) is 3.80. The molecule has 0 radical (unpaired) electrons. The molecule has 94 valence electrons. The van der Waals surface area contributed by atoms with E-state index < -0.39 is 0 Å². The van der Waals surface area contributed by atoms with Crippen LogP contribution in [0.1, 0.15) is 43.2 Å². The van der Waals surface area contributed by atoms with Gasteiger partial charge in [-0.1, -0.05) is 25.0 Å². The molecule has 0 saturated heterocycles. The second-order valence-electron chi connectivity index (χ2n) is 5.44. The zero-order chi connectivity index (χ0) is 12.3. The van der Waals surface area contributed by atoms with Crippen LogP contribution in [0.25, 0.3) is 0 Å². The van der Waals surface area contributed by atoms with Crippen molar-refractivity contribution in [3.8, 4) is 5.75 Å². The second-order valence-corrected chi connectivity index (χ2v) is 5.44. The van der Waals surface area contributed by atoms with Crippen LogP contribution in [0.3, 0.4) is 0 Å². The Labute approximate surface area is 104 Å². The highest BCUT2D eigenvalue weighted by molar-refractivity contribution is 5.35. The van der Waals surface area contributed by atoms with E-state index in [1.807, 2.05) is 0 Å². The predicted octanol–water partition coefficient (Wildman–Crippen LogP) is 3.34. The number of hydrogen-bond acceptors (Lipinski definition) is 2. The molecule has 0 aromatic heterocycles. The van der Waals surface area contributed by atoms with E-state index in [4.69, 9.17) is 10.5 Å². The molecule has 1 aromatic rings. The fourth-order valence-electron chi connectivity index (χ4n) is 2.56. The molecule has 0 atom stereocenters. The van der Waals surface area contributed by atoms with E-state index in [2.05, 4.69) is 32.0 Å². The van der Waals surface area contributed by atoms with Crippen molar-refractivity contribution < 1.29 is 4.74 Å². The molecule has 0 bridgehead atoms. The Balaban J connectivity index is 1.87. The second kappa shape index (κ2) is 5.09. The predicted molar refractivity (Wildman–Crippen MR) is 71.4 cm³/mol. The van der Waals surface area contributed by atoms with Gasteiger partial charge < -0.3 is 10.5 Å². The van der Waals surface area contributed by atoms with Crippen LogP contribution in [-0.2, 0) is 0 Å². The van der Waals surface area contributed by atoms with Crippen molar-refractivity contribution in [2.75, 3.05) is 6.61 Å².